The lowest BCUT2D eigenvalue weighted by Gasteiger charge is -2.22. The summed E-state index contributed by atoms with van der Waals surface area (Å²) in [5, 5.41) is 23.4. The zero-order chi connectivity index (χ0) is 62.0. The molecule has 0 aromatic heterocycles. The molecule has 2 unspecified atom stereocenters. The Hall–Kier alpha value is -1.66. The fourth-order valence-electron chi connectivity index (χ4n) is 12.7. The highest BCUT2D eigenvalue weighted by molar-refractivity contribution is 5.76. The SMILES string of the molecule is CCCCCC/C=C\C/C=C\CCCCCCCCCC(=O)OCCCCCCCCCCCCCCCCCCCCCCCCCCCCCCCCCC(=O)NC(CO)C(O)CCCCCCCCCCCCCCCCCCCCCC. The molecule has 0 aliphatic heterocycles. The number of esters is 1. The average Bonchev–Trinajstić information content (AvgIpc) is 3.54. The Kier molecular flexibility index (Phi) is 74.3. The minimum Gasteiger partial charge on any atom is -0.466 e. The Labute approximate surface area is 539 Å². The summed E-state index contributed by atoms with van der Waals surface area (Å²) >= 11 is 0. The summed E-state index contributed by atoms with van der Waals surface area (Å²) in [5.74, 6) is -0.0113. The van der Waals surface area contributed by atoms with E-state index in [9.17, 15) is 19.8 Å². The van der Waals surface area contributed by atoms with Crippen LogP contribution in [0.25, 0.3) is 0 Å². The fourth-order valence-corrected chi connectivity index (χ4v) is 12.7. The Morgan fingerprint density at radius 3 is 0.895 bits per heavy atom. The molecule has 0 aromatic rings. The lowest BCUT2D eigenvalue weighted by Crippen LogP contribution is -2.45. The molecule has 0 rings (SSSR count). The number of nitrogens with one attached hydrogen (secondary N) is 1. The summed E-state index contributed by atoms with van der Waals surface area (Å²) in [6.45, 7) is 4.99. The van der Waals surface area contributed by atoms with Crippen molar-refractivity contribution in [1.82, 2.24) is 5.32 Å². The van der Waals surface area contributed by atoms with E-state index in [4.69, 9.17) is 4.74 Å². The van der Waals surface area contributed by atoms with Crippen LogP contribution in [-0.4, -0.2) is 47.4 Å². The molecule has 0 aliphatic carbocycles. The molecule has 0 fully saturated rings. The zero-order valence-corrected chi connectivity index (χ0v) is 58.6. The molecule has 0 saturated heterocycles. The third-order valence-electron chi connectivity index (χ3n) is 18.8. The largest absolute Gasteiger partial charge is 0.466 e. The Morgan fingerprint density at radius 2 is 0.581 bits per heavy atom. The molecular formula is C80H155NO5. The molecule has 0 saturated carbocycles. The van der Waals surface area contributed by atoms with Gasteiger partial charge in [-0.3, -0.25) is 9.59 Å². The number of aliphatic hydroxyl groups excluding tert-OH is 2. The van der Waals surface area contributed by atoms with Crippen molar-refractivity contribution in [3.8, 4) is 0 Å². The second-order valence-corrected chi connectivity index (χ2v) is 27.4. The number of aliphatic hydroxyl groups is 2. The van der Waals surface area contributed by atoms with Crippen molar-refractivity contribution >= 4 is 11.9 Å². The van der Waals surface area contributed by atoms with Crippen LogP contribution < -0.4 is 5.32 Å². The third-order valence-corrected chi connectivity index (χ3v) is 18.8. The van der Waals surface area contributed by atoms with Crippen molar-refractivity contribution in [3.05, 3.63) is 24.3 Å². The summed E-state index contributed by atoms with van der Waals surface area (Å²) in [4.78, 5) is 24.7. The van der Waals surface area contributed by atoms with Crippen LogP contribution in [0.1, 0.15) is 450 Å². The van der Waals surface area contributed by atoms with Gasteiger partial charge in [0.2, 0.25) is 5.91 Å². The van der Waals surface area contributed by atoms with Crippen LogP contribution in [0.5, 0.6) is 0 Å². The second kappa shape index (κ2) is 75.8. The maximum atomic E-state index is 12.6. The number of carbonyl (C=O) groups is 2. The van der Waals surface area contributed by atoms with Crippen molar-refractivity contribution in [2.45, 2.75) is 463 Å². The molecule has 0 heterocycles. The van der Waals surface area contributed by atoms with Gasteiger partial charge in [-0.25, -0.2) is 0 Å². The van der Waals surface area contributed by atoms with Crippen LogP contribution in [0.2, 0.25) is 0 Å². The van der Waals surface area contributed by atoms with Gasteiger partial charge in [-0.05, 0) is 57.8 Å². The van der Waals surface area contributed by atoms with Crippen LogP contribution in [-0.2, 0) is 14.3 Å². The summed E-state index contributed by atoms with van der Waals surface area (Å²) in [5.41, 5.74) is 0. The van der Waals surface area contributed by atoms with E-state index in [-0.39, 0.29) is 18.5 Å². The highest BCUT2D eigenvalue weighted by Gasteiger charge is 2.20. The number of unbranched alkanes of at least 4 members (excludes halogenated alkanes) is 60. The van der Waals surface area contributed by atoms with Gasteiger partial charge in [0.05, 0.1) is 25.4 Å². The van der Waals surface area contributed by atoms with Crippen LogP contribution in [0, 0.1) is 0 Å². The molecule has 0 spiro atoms. The molecule has 0 bridgehead atoms. The molecule has 0 aliphatic rings. The fraction of sp³-hybridized carbons (Fsp3) is 0.925. The maximum absolute atomic E-state index is 12.6. The number of hydrogen-bond donors (Lipinski definition) is 3. The molecule has 3 N–H and O–H groups in total. The first-order valence-electron chi connectivity index (χ1n) is 39.6. The molecular weight excluding hydrogens is 1050 g/mol. The monoisotopic (exact) mass is 1210 g/mol. The Balaban J connectivity index is 3.32. The normalized spacial score (nSPS) is 12.6. The quantitative estimate of drug-likeness (QED) is 0.0320. The molecule has 0 aromatic carbocycles. The van der Waals surface area contributed by atoms with Gasteiger partial charge in [0.1, 0.15) is 0 Å². The number of carbonyl (C=O) groups excluding carboxylic acids is 2. The molecule has 86 heavy (non-hydrogen) atoms. The van der Waals surface area contributed by atoms with Gasteiger partial charge >= 0.3 is 5.97 Å². The van der Waals surface area contributed by atoms with Crippen LogP contribution in [0.3, 0.4) is 0 Å². The van der Waals surface area contributed by atoms with Crippen LogP contribution >= 0.6 is 0 Å². The Bertz CT molecular complexity index is 1350. The van der Waals surface area contributed by atoms with Gasteiger partial charge in [0, 0.05) is 12.8 Å². The first kappa shape index (κ1) is 84.3. The number of amides is 1. The minimum atomic E-state index is -0.662. The molecule has 6 heteroatoms. The van der Waals surface area contributed by atoms with E-state index in [0.29, 0.717) is 25.9 Å². The number of rotatable bonds is 75. The molecule has 6 nitrogen and oxygen atoms in total. The third kappa shape index (κ3) is 71.4. The van der Waals surface area contributed by atoms with Gasteiger partial charge in [-0.2, -0.15) is 0 Å². The van der Waals surface area contributed by atoms with E-state index < -0.39 is 12.1 Å². The van der Waals surface area contributed by atoms with Gasteiger partial charge in [0.25, 0.3) is 0 Å². The van der Waals surface area contributed by atoms with Crippen molar-refractivity contribution in [2.24, 2.45) is 0 Å². The van der Waals surface area contributed by atoms with Gasteiger partial charge in [0.15, 0.2) is 0 Å². The van der Waals surface area contributed by atoms with Crippen LogP contribution in [0.15, 0.2) is 24.3 Å². The lowest BCUT2D eigenvalue weighted by molar-refractivity contribution is -0.143. The number of allylic oxidation sites excluding steroid dienone is 4. The number of hydrogen-bond acceptors (Lipinski definition) is 5. The smallest absolute Gasteiger partial charge is 0.305 e. The standard InChI is InChI=1S/C80H155NO5/c1-3-5-7-9-11-13-15-17-19-21-23-37-40-44-48-52-56-60-64-68-72-78(83)77(76-82)81-79(84)73-69-65-61-57-53-49-45-41-38-35-33-31-29-27-25-24-26-28-30-32-34-36-39-43-47-51-55-59-63-67-71-75-86-80(85)74-70-66-62-58-54-50-46-42-22-20-18-16-14-12-10-8-6-4-2/h14,16,20,22,77-78,82-83H,3-13,15,17-19,21,23-76H2,1-2H3,(H,81,84)/b16-14-,22-20-. The van der Waals surface area contributed by atoms with Gasteiger partial charge in [-0.1, -0.05) is 404 Å². The number of ether oxygens (including phenoxy) is 1. The zero-order valence-electron chi connectivity index (χ0n) is 58.6. The average molecular weight is 1210 g/mol. The van der Waals surface area contributed by atoms with E-state index >= 15 is 0 Å². The highest BCUT2D eigenvalue weighted by atomic mass is 16.5. The lowest BCUT2D eigenvalue weighted by atomic mass is 10.0. The second-order valence-electron chi connectivity index (χ2n) is 27.4. The van der Waals surface area contributed by atoms with Crippen molar-refractivity contribution in [1.29, 1.82) is 0 Å². The van der Waals surface area contributed by atoms with E-state index in [1.807, 2.05) is 0 Å². The van der Waals surface area contributed by atoms with Crippen molar-refractivity contribution in [3.63, 3.8) is 0 Å². The van der Waals surface area contributed by atoms with E-state index in [1.54, 1.807) is 0 Å². The molecule has 1 amide bonds. The van der Waals surface area contributed by atoms with Gasteiger partial charge < -0.3 is 20.3 Å². The maximum Gasteiger partial charge on any atom is 0.305 e. The predicted molar refractivity (Wildman–Crippen MR) is 380 cm³/mol. The highest BCUT2D eigenvalue weighted by Crippen LogP contribution is 2.20. The van der Waals surface area contributed by atoms with E-state index in [1.165, 1.54) is 366 Å². The van der Waals surface area contributed by atoms with Crippen molar-refractivity contribution < 1.29 is 24.5 Å². The summed E-state index contributed by atoms with van der Waals surface area (Å²) < 4.78 is 5.51. The van der Waals surface area contributed by atoms with Crippen LogP contribution in [0.4, 0.5) is 0 Å². The van der Waals surface area contributed by atoms with Gasteiger partial charge in [-0.15, -0.1) is 0 Å². The summed E-state index contributed by atoms with van der Waals surface area (Å²) in [7, 11) is 0. The minimum absolute atomic E-state index is 0.0144. The molecule has 2 atom stereocenters. The Morgan fingerprint density at radius 1 is 0.326 bits per heavy atom. The van der Waals surface area contributed by atoms with Crippen molar-refractivity contribution in [2.75, 3.05) is 13.2 Å². The predicted octanol–water partition coefficient (Wildman–Crippen LogP) is 26.0. The summed E-state index contributed by atoms with van der Waals surface area (Å²) in [6.07, 6.45) is 96.9. The first-order chi connectivity index (χ1) is 42.5. The molecule has 510 valence electrons. The van der Waals surface area contributed by atoms with E-state index in [0.717, 1.165) is 51.4 Å². The molecule has 0 radical (unpaired) electrons. The summed E-state index contributed by atoms with van der Waals surface area (Å²) in [6, 6.07) is -0.539. The first-order valence-corrected chi connectivity index (χ1v) is 39.6. The topological polar surface area (TPSA) is 95.9 Å². The van der Waals surface area contributed by atoms with E-state index in [2.05, 4.69) is 43.5 Å².